The molecule has 1 aliphatic heterocycles. The molecule has 0 spiro atoms. The summed E-state index contributed by atoms with van der Waals surface area (Å²) >= 11 is 0. The first kappa shape index (κ1) is 18.1. The van der Waals surface area contributed by atoms with Gasteiger partial charge in [0.05, 0.1) is 12.7 Å². The number of carbonyl (C=O) groups is 2. The Balaban J connectivity index is 1.33. The first-order chi connectivity index (χ1) is 13.5. The fraction of sp³-hybridized carbons (Fsp3) is 0.389. The van der Waals surface area contributed by atoms with E-state index in [1.807, 2.05) is 17.9 Å². The number of piperazine rings is 1. The molecule has 1 saturated heterocycles. The molecule has 0 saturated carbocycles. The van der Waals surface area contributed by atoms with Crippen molar-refractivity contribution in [2.24, 2.45) is 0 Å². The van der Waals surface area contributed by atoms with Gasteiger partial charge >= 0.3 is 0 Å². The van der Waals surface area contributed by atoms with Crippen LogP contribution >= 0.6 is 0 Å². The van der Waals surface area contributed by atoms with Crippen LogP contribution in [0.2, 0.25) is 0 Å². The highest BCUT2D eigenvalue weighted by atomic mass is 16.5. The minimum atomic E-state index is -0.157. The summed E-state index contributed by atoms with van der Waals surface area (Å²) in [6.45, 7) is 6.19. The van der Waals surface area contributed by atoms with Gasteiger partial charge in [-0.2, -0.15) is 5.10 Å². The Morgan fingerprint density at radius 1 is 1.21 bits per heavy atom. The van der Waals surface area contributed by atoms with Gasteiger partial charge in [0.25, 0.3) is 5.91 Å². The second-order valence-corrected chi connectivity index (χ2v) is 6.83. The Hall–Kier alpha value is -3.27. The third-order valence-electron chi connectivity index (χ3n) is 4.66. The lowest BCUT2D eigenvalue weighted by Crippen LogP contribution is -2.50. The molecule has 10 nitrogen and oxygen atoms in total. The molecule has 0 bridgehead atoms. The summed E-state index contributed by atoms with van der Waals surface area (Å²) in [7, 11) is 0. The van der Waals surface area contributed by atoms with Gasteiger partial charge in [0, 0.05) is 44.1 Å². The van der Waals surface area contributed by atoms with E-state index in [-0.39, 0.29) is 18.4 Å². The molecule has 0 atom stereocenters. The van der Waals surface area contributed by atoms with Gasteiger partial charge in [-0.25, -0.2) is 9.50 Å². The molecule has 1 fully saturated rings. The van der Waals surface area contributed by atoms with Gasteiger partial charge in [-0.1, -0.05) is 5.16 Å². The monoisotopic (exact) mass is 383 g/mol. The van der Waals surface area contributed by atoms with Crippen molar-refractivity contribution in [3.05, 3.63) is 41.5 Å². The Morgan fingerprint density at radius 3 is 2.71 bits per heavy atom. The Bertz CT molecular complexity index is 1020. The number of aryl methyl sites for hydroxylation is 2. The van der Waals surface area contributed by atoms with Crippen LogP contribution in [0.4, 0.5) is 5.82 Å². The lowest BCUT2D eigenvalue weighted by Gasteiger charge is -2.34. The van der Waals surface area contributed by atoms with Gasteiger partial charge < -0.3 is 14.7 Å². The summed E-state index contributed by atoms with van der Waals surface area (Å²) < 4.78 is 6.54. The maximum Gasteiger partial charge on any atom is 0.259 e. The molecule has 2 amide bonds. The summed E-state index contributed by atoms with van der Waals surface area (Å²) in [6, 6.07) is 3.51. The topological polar surface area (TPSA) is 109 Å². The van der Waals surface area contributed by atoms with Crippen LogP contribution in [0.5, 0.6) is 0 Å². The third kappa shape index (κ3) is 3.72. The summed E-state index contributed by atoms with van der Waals surface area (Å²) in [5.41, 5.74) is 1.89. The van der Waals surface area contributed by atoms with Gasteiger partial charge in [0.1, 0.15) is 11.3 Å². The SMILES string of the molecule is Cc1ccn2ncc(C(=O)N3CCN(CC(=O)Nc4cc(C)on4)CC3)c2n1. The van der Waals surface area contributed by atoms with Gasteiger partial charge in [-0.05, 0) is 19.9 Å². The summed E-state index contributed by atoms with van der Waals surface area (Å²) in [6.07, 6.45) is 3.35. The molecule has 4 rings (SSSR count). The highest BCUT2D eigenvalue weighted by molar-refractivity contribution is 5.99. The molecule has 1 aliphatic rings. The Labute approximate surface area is 161 Å². The van der Waals surface area contributed by atoms with Crippen molar-refractivity contribution in [3.8, 4) is 0 Å². The van der Waals surface area contributed by atoms with Crippen molar-refractivity contribution >= 4 is 23.3 Å². The van der Waals surface area contributed by atoms with E-state index >= 15 is 0 Å². The van der Waals surface area contributed by atoms with Crippen LogP contribution in [0.1, 0.15) is 21.8 Å². The number of aromatic nitrogens is 4. The van der Waals surface area contributed by atoms with Crippen molar-refractivity contribution in [2.45, 2.75) is 13.8 Å². The predicted molar refractivity (Wildman–Crippen MR) is 99.9 cm³/mol. The van der Waals surface area contributed by atoms with Crippen molar-refractivity contribution in [2.75, 3.05) is 38.0 Å². The highest BCUT2D eigenvalue weighted by Crippen LogP contribution is 2.14. The lowest BCUT2D eigenvalue weighted by atomic mass is 10.2. The molecule has 146 valence electrons. The van der Waals surface area contributed by atoms with E-state index in [0.29, 0.717) is 49.0 Å². The lowest BCUT2D eigenvalue weighted by molar-refractivity contribution is -0.117. The van der Waals surface area contributed by atoms with Crippen molar-refractivity contribution in [3.63, 3.8) is 0 Å². The molecule has 0 radical (unpaired) electrons. The van der Waals surface area contributed by atoms with Crippen LogP contribution in [-0.2, 0) is 4.79 Å². The van der Waals surface area contributed by atoms with E-state index < -0.39 is 0 Å². The number of fused-ring (bicyclic) bond motifs is 1. The van der Waals surface area contributed by atoms with E-state index in [0.717, 1.165) is 5.69 Å². The van der Waals surface area contributed by atoms with Crippen LogP contribution < -0.4 is 5.32 Å². The fourth-order valence-electron chi connectivity index (χ4n) is 3.20. The van der Waals surface area contributed by atoms with Gasteiger partial charge in [-0.3, -0.25) is 14.5 Å². The molecule has 1 N–H and O–H groups in total. The average molecular weight is 383 g/mol. The highest BCUT2D eigenvalue weighted by Gasteiger charge is 2.26. The predicted octanol–water partition coefficient (Wildman–Crippen LogP) is 0.731. The standard InChI is InChI=1S/C18H21N7O3/c1-12-3-4-25-17(20-12)14(10-19-25)18(27)24-7-5-23(6-8-24)11-16(26)21-15-9-13(2)28-22-15/h3-4,9-10H,5-8,11H2,1-2H3,(H,21,22,26). The van der Waals surface area contributed by atoms with Gasteiger partial charge in [0.15, 0.2) is 11.5 Å². The van der Waals surface area contributed by atoms with E-state index in [4.69, 9.17) is 4.52 Å². The summed E-state index contributed by atoms with van der Waals surface area (Å²) in [5, 5.41) is 10.7. The van der Waals surface area contributed by atoms with Crippen LogP contribution in [0.15, 0.2) is 29.0 Å². The summed E-state index contributed by atoms with van der Waals surface area (Å²) in [5.74, 6) is 0.803. The number of anilines is 1. The number of hydrogen-bond donors (Lipinski definition) is 1. The molecule has 28 heavy (non-hydrogen) atoms. The maximum atomic E-state index is 12.9. The molecule has 3 aromatic rings. The quantitative estimate of drug-likeness (QED) is 0.707. The maximum absolute atomic E-state index is 12.9. The zero-order chi connectivity index (χ0) is 19.7. The molecule has 10 heteroatoms. The van der Waals surface area contributed by atoms with Crippen LogP contribution in [0, 0.1) is 13.8 Å². The number of nitrogens with zero attached hydrogens (tertiary/aromatic N) is 6. The van der Waals surface area contributed by atoms with Crippen molar-refractivity contribution in [1.82, 2.24) is 29.6 Å². The molecule has 0 aliphatic carbocycles. The van der Waals surface area contributed by atoms with Crippen LogP contribution in [0.25, 0.3) is 5.65 Å². The van der Waals surface area contributed by atoms with Crippen molar-refractivity contribution in [1.29, 1.82) is 0 Å². The van der Waals surface area contributed by atoms with Gasteiger partial charge in [0.2, 0.25) is 5.91 Å². The minimum absolute atomic E-state index is 0.0877. The fourth-order valence-corrected chi connectivity index (χ4v) is 3.20. The molecule has 0 aromatic carbocycles. The van der Waals surface area contributed by atoms with Crippen molar-refractivity contribution < 1.29 is 14.1 Å². The van der Waals surface area contributed by atoms with E-state index in [1.54, 1.807) is 34.8 Å². The number of rotatable bonds is 4. The average Bonchev–Trinajstić information content (AvgIpc) is 3.27. The Morgan fingerprint density at radius 2 is 2.00 bits per heavy atom. The summed E-state index contributed by atoms with van der Waals surface area (Å²) in [4.78, 5) is 33.2. The second kappa shape index (κ2) is 7.39. The smallest absolute Gasteiger partial charge is 0.259 e. The number of nitrogens with one attached hydrogen (secondary N) is 1. The Kier molecular flexibility index (Phi) is 4.78. The van der Waals surface area contributed by atoms with E-state index in [1.165, 1.54) is 0 Å². The second-order valence-electron chi connectivity index (χ2n) is 6.83. The number of amides is 2. The van der Waals surface area contributed by atoms with E-state index in [2.05, 4.69) is 20.6 Å². The third-order valence-corrected chi connectivity index (χ3v) is 4.66. The molecule has 4 heterocycles. The zero-order valence-electron chi connectivity index (χ0n) is 15.8. The molecule has 3 aromatic heterocycles. The molecular weight excluding hydrogens is 362 g/mol. The first-order valence-corrected chi connectivity index (χ1v) is 9.05. The van der Waals surface area contributed by atoms with Crippen LogP contribution in [-0.4, -0.2) is 74.1 Å². The molecular formula is C18H21N7O3. The van der Waals surface area contributed by atoms with Crippen LogP contribution in [0.3, 0.4) is 0 Å². The first-order valence-electron chi connectivity index (χ1n) is 9.05. The normalized spacial score (nSPS) is 15.1. The number of carbonyl (C=O) groups excluding carboxylic acids is 2. The van der Waals surface area contributed by atoms with E-state index in [9.17, 15) is 9.59 Å². The van der Waals surface area contributed by atoms with Gasteiger partial charge in [-0.15, -0.1) is 0 Å². The molecule has 0 unspecified atom stereocenters. The minimum Gasteiger partial charge on any atom is -0.360 e. The zero-order valence-corrected chi connectivity index (χ0v) is 15.8. The number of hydrogen-bond acceptors (Lipinski definition) is 7. The largest absolute Gasteiger partial charge is 0.360 e.